The number of piperidine rings is 1. The number of aromatic nitrogens is 2. The molecular formula is C20H21N3O3S. The zero-order chi connectivity index (χ0) is 19.0. The van der Waals surface area contributed by atoms with Crippen LogP contribution >= 0.6 is 11.3 Å². The van der Waals surface area contributed by atoms with Crippen LogP contribution in [0.15, 0.2) is 35.8 Å². The van der Waals surface area contributed by atoms with Crippen molar-refractivity contribution in [2.24, 2.45) is 0 Å². The summed E-state index contributed by atoms with van der Waals surface area (Å²) >= 11 is 1.43. The number of fused-ring (bicyclic) bond motifs is 1. The minimum Gasteiger partial charge on any atom is -0.467 e. The van der Waals surface area contributed by atoms with Gasteiger partial charge < -0.3 is 9.64 Å². The Labute approximate surface area is 161 Å². The summed E-state index contributed by atoms with van der Waals surface area (Å²) in [5.74, 6) is -0.495. The highest BCUT2D eigenvalue weighted by Crippen LogP contribution is 2.28. The number of carbonyl (C=O) groups excluding carboxylic acids is 2. The van der Waals surface area contributed by atoms with Gasteiger partial charge in [0.25, 0.3) is 5.91 Å². The predicted molar refractivity (Wildman–Crippen MR) is 104 cm³/mol. The van der Waals surface area contributed by atoms with Gasteiger partial charge in [0.2, 0.25) is 0 Å². The van der Waals surface area contributed by atoms with E-state index in [0.717, 1.165) is 34.6 Å². The Bertz CT molecular complexity index is 1010. The molecule has 0 spiro atoms. The second-order valence-electron chi connectivity index (χ2n) is 6.75. The molecule has 7 heteroatoms. The molecule has 3 aromatic rings. The zero-order valence-electron chi connectivity index (χ0n) is 15.3. The van der Waals surface area contributed by atoms with Gasteiger partial charge >= 0.3 is 5.97 Å². The maximum absolute atomic E-state index is 13.2. The van der Waals surface area contributed by atoms with E-state index in [-0.39, 0.29) is 11.9 Å². The average Bonchev–Trinajstić information content (AvgIpc) is 3.28. The van der Waals surface area contributed by atoms with Crippen molar-refractivity contribution in [3.05, 3.63) is 47.1 Å². The monoisotopic (exact) mass is 383 g/mol. The number of likely N-dealkylation sites (tertiary alicyclic amines) is 1. The summed E-state index contributed by atoms with van der Waals surface area (Å²) in [6.45, 7) is 2.61. The molecule has 0 unspecified atom stereocenters. The topological polar surface area (TPSA) is 63.9 Å². The first-order valence-electron chi connectivity index (χ1n) is 9.01. The third-order valence-electron chi connectivity index (χ3n) is 5.09. The molecule has 1 aliphatic rings. The van der Waals surface area contributed by atoms with E-state index >= 15 is 0 Å². The van der Waals surface area contributed by atoms with Crippen LogP contribution in [0.5, 0.6) is 0 Å². The van der Waals surface area contributed by atoms with Crippen LogP contribution in [0.4, 0.5) is 0 Å². The number of imidazole rings is 1. The number of thiazole rings is 1. The van der Waals surface area contributed by atoms with Crippen molar-refractivity contribution in [3.63, 3.8) is 0 Å². The molecule has 0 N–H and O–H groups in total. The van der Waals surface area contributed by atoms with Crippen LogP contribution in [-0.2, 0) is 9.53 Å². The molecule has 3 heterocycles. The lowest BCUT2D eigenvalue weighted by molar-refractivity contribution is -0.147. The van der Waals surface area contributed by atoms with Crippen molar-refractivity contribution in [2.45, 2.75) is 32.2 Å². The largest absolute Gasteiger partial charge is 0.467 e. The van der Waals surface area contributed by atoms with E-state index in [9.17, 15) is 9.59 Å². The van der Waals surface area contributed by atoms with Crippen LogP contribution in [0.2, 0.25) is 0 Å². The highest BCUT2D eigenvalue weighted by atomic mass is 32.1. The van der Waals surface area contributed by atoms with Crippen molar-refractivity contribution in [1.29, 1.82) is 0 Å². The first-order valence-corrected chi connectivity index (χ1v) is 9.89. The van der Waals surface area contributed by atoms with Crippen molar-refractivity contribution < 1.29 is 14.3 Å². The van der Waals surface area contributed by atoms with E-state index in [2.05, 4.69) is 4.98 Å². The fourth-order valence-corrected chi connectivity index (χ4v) is 4.48. The number of nitrogens with zero attached hydrogens (tertiary/aromatic N) is 3. The first kappa shape index (κ1) is 17.7. The molecule has 0 aliphatic carbocycles. The van der Waals surface area contributed by atoms with Crippen LogP contribution in [0.25, 0.3) is 16.2 Å². The number of aryl methyl sites for hydroxylation is 1. The second kappa shape index (κ2) is 7.15. The van der Waals surface area contributed by atoms with Gasteiger partial charge in [0.1, 0.15) is 11.7 Å². The molecule has 1 fully saturated rings. The highest BCUT2D eigenvalue weighted by molar-refractivity contribution is 7.15. The first-order chi connectivity index (χ1) is 13.1. The fourth-order valence-electron chi connectivity index (χ4n) is 3.63. The molecule has 1 aliphatic heterocycles. The van der Waals surface area contributed by atoms with E-state index in [1.54, 1.807) is 4.90 Å². The van der Waals surface area contributed by atoms with E-state index < -0.39 is 6.04 Å². The van der Waals surface area contributed by atoms with Crippen molar-refractivity contribution in [3.8, 4) is 11.3 Å². The summed E-state index contributed by atoms with van der Waals surface area (Å²) in [7, 11) is 1.37. The lowest BCUT2D eigenvalue weighted by Gasteiger charge is -2.33. The molecule has 4 rings (SSSR count). The van der Waals surface area contributed by atoms with E-state index in [4.69, 9.17) is 4.74 Å². The highest BCUT2D eigenvalue weighted by Gasteiger charge is 2.34. The number of esters is 1. The van der Waals surface area contributed by atoms with Gasteiger partial charge in [-0.3, -0.25) is 9.20 Å². The molecule has 1 amide bonds. The molecule has 2 aromatic heterocycles. The summed E-state index contributed by atoms with van der Waals surface area (Å²) in [5.41, 5.74) is 3.57. The van der Waals surface area contributed by atoms with Gasteiger partial charge in [-0.15, -0.1) is 11.3 Å². The Morgan fingerprint density at radius 3 is 2.85 bits per heavy atom. The SMILES string of the molecule is COC(=O)[C@H]1CCCCN1C(=O)c1csc2nc(-c3ccccc3C)cn12. The third kappa shape index (κ3) is 3.12. The number of ether oxygens (including phenoxy) is 1. The minimum atomic E-state index is -0.509. The number of carbonyl (C=O) groups is 2. The molecule has 27 heavy (non-hydrogen) atoms. The van der Waals surface area contributed by atoms with Crippen LogP contribution in [0.3, 0.4) is 0 Å². The van der Waals surface area contributed by atoms with Gasteiger partial charge in [-0.05, 0) is 31.7 Å². The van der Waals surface area contributed by atoms with E-state index in [0.29, 0.717) is 18.7 Å². The van der Waals surface area contributed by atoms with Gasteiger partial charge in [-0.25, -0.2) is 9.78 Å². The molecule has 1 atom stereocenters. The van der Waals surface area contributed by atoms with E-state index in [1.807, 2.05) is 47.2 Å². The normalized spacial score (nSPS) is 17.3. The van der Waals surface area contributed by atoms with Crippen molar-refractivity contribution in [1.82, 2.24) is 14.3 Å². The van der Waals surface area contributed by atoms with Crippen molar-refractivity contribution in [2.75, 3.05) is 13.7 Å². The van der Waals surface area contributed by atoms with Gasteiger partial charge in [-0.2, -0.15) is 0 Å². The molecule has 0 radical (unpaired) electrons. The smallest absolute Gasteiger partial charge is 0.328 e. The summed E-state index contributed by atoms with van der Waals surface area (Å²) in [6, 6.07) is 7.54. The number of amides is 1. The number of rotatable bonds is 3. The summed E-state index contributed by atoms with van der Waals surface area (Å²) in [6.07, 6.45) is 4.36. The standard InChI is InChI=1S/C20H21N3O3S/c1-13-7-3-4-8-14(13)15-11-23-17(12-27-20(23)21-15)18(24)22-10-6-5-9-16(22)19(25)26-2/h3-4,7-8,11-12,16H,5-6,9-10H2,1-2H3/t16-/m1/s1. The minimum absolute atomic E-state index is 0.148. The number of hydrogen-bond acceptors (Lipinski definition) is 5. The average molecular weight is 383 g/mol. The maximum Gasteiger partial charge on any atom is 0.328 e. The Morgan fingerprint density at radius 1 is 1.26 bits per heavy atom. The molecular weight excluding hydrogens is 362 g/mol. The summed E-state index contributed by atoms with van der Waals surface area (Å²) < 4.78 is 6.73. The molecule has 6 nitrogen and oxygen atoms in total. The third-order valence-corrected chi connectivity index (χ3v) is 5.93. The maximum atomic E-state index is 13.2. The van der Waals surface area contributed by atoms with E-state index in [1.165, 1.54) is 18.4 Å². The van der Waals surface area contributed by atoms with Crippen LogP contribution < -0.4 is 0 Å². The zero-order valence-corrected chi connectivity index (χ0v) is 16.2. The van der Waals surface area contributed by atoms with Crippen molar-refractivity contribution >= 4 is 28.2 Å². The van der Waals surface area contributed by atoms with Crippen LogP contribution in [0.1, 0.15) is 35.3 Å². The second-order valence-corrected chi connectivity index (χ2v) is 7.58. The quantitative estimate of drug-likeness (QED) is 0.649. The Hall–Kier alpha value is -2.67. The molecule has 0 saturated carbocycles. The number of hydrogen-bond donors (Lipinski definition) is 0. The Morgan fingerprint density at radius 2 is 2.07 bits per heavy atom. The molecule has 1 saturated heterocycles. The molecule has 0 bridgehead atoms. The summed E-state index contributed by atoms with van der Waals surface area (Å²) in [4.78, 5) is 32.4. The molecule has 140 valence electrons. The lowest BCUT2D eigenvalue weighted by atomic mass is 10.0. The lowest BCUT2D eigenvalue weighted by Crippen LogP contribution is -2.48. The number of benzene rings is 1. The number of methoxy groups -OCH3 is 1. The van der Waals surface area contributed by atoms with Crippen LogP contribution in [0, 0.1) is 6.92 Å². The van der Waals surface area contributed by atoms with Crippen LogP contribution in [-0.4, -0.2) is 45.9 Å². The predicted octanol–water partition coefficient (Wildman–Crippen LogP) is 3.54. The van der Waals surface area contributed by atoms with Gasteiger partial charge in [0.05, 0.1) is 12.8 Å². The Kier molecular flexibility index (Phi) is 4.70. The van der Waals surface area contributed by atoms with Gasteiger partial charge in [-0.1, -0.05) is 24.3 Å². The molecule has 1 aromatic carbocycles. The Balaban J connectivity index is 1.70. The summed E-state index contributed by atoms with van der Waals surface area (Å²) in [5, 5.41) is 1.81. The van der Waals surface area contributed by atoms with Gasteiger partial charge in [0.15, 0.2) is 4.96 Å². The fraction of sp³-hybridized carbons (Fsp3) is 0.350. The van der Waals surface area contributed by atoms with Gasteiger partial charge in [0, 0.05) is 23.7 Å².